The van der Waals surface area contributed by atoms with Gasteiger partial charge in [0.1, 0.15) is 0 Å². The molecule has 0 aliphatic carbocycles. The van der Waals surface area contributed by atoms with E-state index in [0.717, 1.165) is 32.7 Å². The Kier molecular flexibility index (Phi) is 6.22. The number of hydrogen-bond donors (Lipinski definition) is 1. The molecule has 0 fully saturated rings. The average molecular weight is 290 g/mol. The highest BCUT2D eigenvalue weighted by molar-refractivity contribution is 5.31. The van der Waals surface area contributed by atoms with Gasteiger partial charge in [0.15, 0.2) is 0 Å². The number of nitrogens with zero attached hydrogens (tertiary/aromatic N) is 1. The van der Waals surface area contributed by atoms with Gasteiger partial charge in [-0.15, -0.1) is 0 Å². The lowest BCUT2D eigenvalue weighted by Crippen LogP contribution is -2.42. The summed E-state index contributed by atoms with van der Waals surface area (Å²) in [5.41, 5.74) is 2.81. The van der Waals surface area contributed by atoms with E-state index in [1.54, 1.807) is 0 Å². The van der Waals surface area contributed by atoms with Gasteiger partial charge in [-0.1, -0.05) is 24.3 Å². The first-order chi connectivity index (χ1) is 10.1. The van der Waals surface area contributed by atoms with Crippen molar-refractivity contribution >= 4 is 0 Å². The summed E-state index contributed by atoms with van der Waals surface area (Å²) < 4.78 is 5.93. The molecule has 3 nitrogen and oxygen atoms in total. The summed E-state index contributed by atoms with van der Waals surface area (Å²) >= 11 is 0. The van der Waals surface area contributed by atoms with Gasteiger partial charge in [0, 0.05) is 31.7 Å². The highest BCUT2D eigenvalue weighted by atomic mass is 16.5. The molecule has 21 heavy (non-hydrogen) atoms. The molecule has 0 aromatic heterocycles. The average Bonchev–Trinajstić information content (AvgIpc) is 2.46. The quantitative estimate of drug-likeness (QED) is 0.781. The third kappa shape index (κ3) is 4.53. The molecule has 118 valence electrons. The molecule has 1 aliphatic heterocycles. The predicted molar refractivity (Wildman–Crippen MR) is 88.7 cm³/mol. The molecule has 3 heteroatoms. The molecular weight excluding hydrogens is 260 g/mol. The van der Waals surface area contributed by atoms with Crippen LogP contribution in [-0.2, 0) is 11.2 Å². The third-order valence-corrected chi connectivity index (χ3v) is 4.30. The number of fused-ring (bicyclic) bond motifs is 1. The van der Waals surface area contributed by atoms with Gasteiger partial charge in [0.2, 0.25) is 0 Å². The van der Waals surface area contributed by atoms with Crippen LogP contribution in [0.5, 0.6) is 0 Å². The Labute approximate surface area is 129 Å². The van der Waals surface area contributed by atoms with Crippen molar-refractivity contribution in [1.29, 1.82) is 0 Å². The smallest absolute Gasteiger partial charge is 0.0952 e. The molecule has 0 radical (unpaired) electrons. The van der Waals surface area contributed by atoms with Gasteiger partial charge >= 0.3 is 0 Å². The van der Waals surface area contributed by atoms with Crippen LogP contribution in [0.3, 0.4) is 0 Å². The van der Waals surface area contributed by atoms with Gasteiger partial charge in [-0.05, 0) is 45.2 Å². The Morgan fingerprint density at radius 2 is 1.90 bits per heavy atom. The van der Waals surface area contributed by atoms with Crippen molar-refractivity contribution in [2.45, 2.75) is 52.3 Å². The molecule has 0 saturated heterocycles. The molecule has 2 rings (SSSR count). The van der Waals surface area contributed by atoms with Gasteiger partial charge in [0.05, 0.1) is 12.7 Å². The molecule has 1 atom stereocenters. The first-order valence-electron chi connectivity index (χ1n) is 8.25. The fourth-order valence-electron chi connectivity index (χ4n) is 3.20. The van der Waals surface area contributed by atoms with E-state index in [1.807, 2.05) is 0 Å². The third-order valence-electron chi connectivity index (χ3n) is 4.30. The van der Waals surface area contributed by atoms with Gasteiger partial charge < -0.3 is 10.1 Å². The Bertz CT molecular complexity index is 423. The molecule has 0 amide bonds. The van der Waals surface area contributed by atoms with Crippen molar-refractivity contribution in [3.8, 4) is 0 Å². The van der Waals surface area contributed by atoms with Gasteiger partial charge in [0.25, 0.3) is 0 Å². The molecule has 0 saturated carbocycles. The number of nitrogens with one attached hydrogen (secondary N) is 1. The normalized spacial score (nSPS) is 18.5. The minimum absolute atomic E-state index is 0.210. The molecule has 1 aliphatic rings. The van der Waals surface area contributed by atoms with Crippen LogP contribution in [0, 0.1) is 0 Å². The maximum absolute atomic E-state index is 5.93. The monoisotopic (exact) mass is 290 g/mol. The lowest BCUT2D eigenvalue weighted by molar-refractivity contribution is 0.0418. The lowest BCUT2D eigenvalue weighted by atomic mass is 9.97. The van der Waals surface area contributed by atoms with Crippen LogP contribution in [0.15, 0.2) is 24.3 Å². The van der Waals surface area contributed by atoms with Crippen molar-refractivity contribution in [3.63, 3.8) is 0 Å². The molecule has 1 heterocycles. The van der Waals surface area contributed by atoms with Crippen LogP contribution in [-0.4, -0.2) is 43.2 Å². The largest absolute Gasteiger partial charge is 0.372 e. The molecule has 1 N–H and O–H groups in total. The van der Waals surface area contributed by atoms with E-state index in [2.05, 4.69) is 62.2 Å². The van der Waals surface area contributed by atoms with E-state index in [0.29, 0.717) is 12.1 Å². The van der Waals surface area contributed by atoms with Crippen LogP contribution in [0.1, 0.15) is 44.9 Å². The number of benzene rings is 1. The summed E-state index contributed by atoms with van der Waals surface area (Å²) in [6.07, 6.45) is 1.25. The second-order valence-electron chi connectivity index (χ2n) is 6.44. The van der Waals surface area contributed by atoms with Crippen molar-refractivity contribution in [3.05, 3.63) is 35.4 Å². The highest BCUT2D eigenvalue weighted by Crippen LogP contribution is 2.26. The van der Waals surface area contributed by atoms with Crippen LogP contribution in [0.4, 0.5) is 0 Å². The summed E-state index contributed by atoms with van der Waals surface area (Å²) in [5.74, 6) is 0. The summed E-state index contributed by atoms with van der Waals surface area (Å²) in [7, 11) is 0. The zero-order valence-corrected chi connectivity index (χ0v) is 13.9. The van der Waals surface area contributed by atoms with Gasteiger partial charge in [-0.3, -0.25) is 4.90 Å². The summed E-state index contributed by atoms with van der Waals surface area (Å²) in [6, 6.07) is 9.86. The van der Waals surface area contributed by atoms with E-state index in [-0.39, 0.29) is 6.10 Å². The summed E-state index contributed by atoms with van der Waals surface area (Å²) in [6.45, 7) is 12.9. The van der Waals surface area contributed by atoms with Crippen LogP contribution in [0.2, 0.25) is 0 Å². The minimum Gasteiger partial charge on any atom is -0.372 e. The minimum atomic E-state index is 0.210. The van der Waals surface area contributed by atoms with Crippen molar-refractivity contribution < 1.29 is 4.74 Å². The van der Waals surface area contributed by atoms with Crippen molar-refractivity contribution in [2.75, 3.05) is 26.2 Å². The lowest BCUT2D eigenvalue weighted by Gasteiger charge is -2.31. The van der Waals surface area contributed by atoms with E-state index in [4.69, 9.17) is 4.74 Å². The first-order valence-corrected chi connectivity index (χ1v) is 8.25. The Morgan fingerprint density at radius 1 is 1.19 bits per heavy atom. The Morgan fingerprint density at radius 3 is 2.62 bits per heavy atom. The zero-order valence-electron chi connectivity index (χ0n) is 13.9. The number of rotatable bonds is 7. The van der Waals surface area contributed by atoms with Gasteiger partial charge in [-0.25, -0.2) is 0 Å². The Hall–Kier alpha value is -0.900. The summed E-state index contributed by atoms with van der Waals surface area (Å²) in [4.78, 5) is 2.52. The summed E-state index contributed by atoms with van der Waals surface area (Å²) in [5, 5.41) is 3.57. The molecule has 1 unspecified atom stereocenters. The van der Waals surface area contributed by atoms with Crippen LogP contribution < -0.4 is 5.32 Å². The van der Waals surface area contributed by atoms with Crippen LogP contribution in [0.25, 0.3) is 0 Å². The molecule has 1 aromatic carbocycles. The number of ether oxygens (including phenoxy) is 1. The molecular formula is C18H30N2O. The van der Waals surface area contributed by atoms with Gasteiger partial charge in [-0.2, -0.15) is 0 Å². The molecule has 0 bridgehead atoms. The van der Waals surface area contributed by atoms with E-state index < -0.39 is 0 Å². The fourth-order valence-corrected chi connectivity index (χ4v) is 3.20. The van der Waals surface area contributed by atoms with Crippen LogP contribution >= 0.6 is 0 Å². The Balaban J connectivity index is 1.80. The standard InChI is InChI=1S/C18H30N2O/c1-14(2)20(15(3)4)11-10-19-13-18-17-8-6-5-7-16(17)9-12-21-18/h5-8,14-15,18-19H,9-13H2,1-4H3. The van der Waals surface area contributed by atoms with E-state index in [9.17, 15) is 0 Å². The van der Waals surface area contributed by atoms with E-state index in [1.165, 1.54) is 11.1 Å². The fraction of sp³-hybridized carbons (Fsp3) is 0.667. The zero-order chi connectivity index (χ0) is 15.2. The highest BCUT2D eigenvalue weighted by Gasteiger charge is 2.20. The van der Waals surface area contributed by atoms with E-state index >= 15 is 0 Å². The maximum atomic E-state index is 5.93. The number of hydrogen-bond acceptors (Lipinski definition) is 3. The maximum Gasteiger partial charge on any atom is 0.0952 e. The predicted octanol–water partition coefficient (Wildman–Crippen LogP) is 3.01. The van der Waals surface area contributed by atoms with Crippen molar-refractivity contribution in [1.82, 2.24) is 10.2 Å². The molecule has 1 aromatic rings. The second kappa shape index (κ2) is 7.92. The molecule has 0 spiro atoms. The first kappa shape index (κ1) is 16.5. The van der Waals surface area contributed by atoms with Crippen molar-refractivity contribution in [2.24, 2.45) is 0 Å². The topological polar surface area (TPSA) is 24.5 Å². The second-order valence-corrected chi connectivity index (χ2v) is 6.44. The SMILES string of the molecule is CC(C)N(CCNCC1OCCc2ccccc21)C(C)C.